The molecule has 0 saturated carbocycles. The lowest BCUT2D eigenvalue weighted by molar-refractivity contribution is -0.121. The Hall–Kier alpha value is -3.55. The molecule has 0 saturated heterocycles. The van der Waals surface area contributed by atoms with Crippen molar-refractivity contribution in [1.29, 1.82) is 0 Å². The normalized spacial score (nSPS) is 13.9. The number of methoxy groups -OCH3 is 3. The molecule has 0 aromatic heterocycles. The van der Waals surface area contributed by atoms with E-state index in [9.17, 15) is 14.4 Å². The number of hydrogen-bond donors (Lipinski definition) is 1. The van der Waals surface area contributed by atoms with Gasteiger partial charge in [-0.1, -0.05) is 26.0 Å². The Morgan fingerprint density at radius 1 is 0.900 bits per heavy atom. The predicted octanol–water partition coefficient (Wildman–Crippen LogP) is 2.97. The summed E-state index contributed by atoms with van der Waals surface area (Å²) < 4.78 is 15.9. The van der Waals surface area contributed by atoms with Gasteiger partial charge in [0.1, 0.15) is 6.04 Å². The van der Waals surface area contributed by atoms with Crippen molar-refractivity contribution in [3.63, 3.8) is 0 Å². The van der Waals surface area contributed by atoms with Crippen molar-refractivity contribution < 1.29 is 28.6 Å². The highest BCUT2D eigenvalue weighted by molar-refractivity contribution is 6.23. The Bertz CT molecular complexity index is 941. The second-order valence-electron chi connectivity index (χ2n) is 7.12. The first-order chi connectivity index (χ1) is 14.3. The maximum absolute atomic E-state index is 13.2. The van der Waals surface area contributed by atoms with E-state index in [0.29, 0.717) is 34.1 Å². The van der Waals surface area contributed by atoms with E-state index in [2.05, 4.69) is 5.32 Å². The van der Waals surface area contributed by atoms with Crippen LogP contribution in [0.1, 0.15) is 34.6 Å². The summed E-state index contributed by atoms with van der Waals surface area (Å²) in [5, 5.41) is 2.77. The number of ether oxygens (including phenoxy) is 3. The smallest absolute Gasteiger partial charge is 0.262 e. The van der Waals surface area contributed by atoms with Crippen LogP contribution in [0.25, 0.3) is 0 Å². The second-order valence-corrected chi connectivity index (χ2v) is 7.12. The van der Waals surface area contributed by atoms with Crippen LogP contribution in [-0.2, 0) is 4.79 Å². The monoisotopic (exact) mass is 412 g/mol. The number of carbonyl (C=O) groups excluding carboxylic acids is 3. The zero-order valence-corrected chi connectivity index (χ0v) is 17.5. The quantitative estimate of drug-likeness (QED) is 0.703. The molecular formula is C22H24N2O6. The second kappa shape index (κ2) is 8.44. The molecule has 3 rings (SSSR count). The molecule has 1 heterocycles. The van der Waals surface area contributed by atoms with Crippen LogP contribution < -0.4 is 19.5 Å². The molecule has 1 unspecified atom stereocenters. The molecule has 8 nitrogen and oxygen atoms in total. The van der Waals surface area contributed by atoms with Gasteiger partial charge in [-0.3, -0.25) is 19.3 Å². The number of nitrogens with zero attached hydrogens (tertiary/aromatic N) is 1. The van der Waals surface area contributed by atoms with E-state index < -0.39 is 23.8 Å². The first kappa shape index (κ1) is 21.2. The first-order valence-corrected chi connectivity index (χ1v) is 9.41. The van der Waals surface area contributed by atoms with Crippen molar-refractivity contribution in [3.05, 3.63) is 47.5 Å². The van der Waals surface area contributed by atoms with Crippen LogP contribution in [0.4, 0.5) is 5.69 Å². The van der Waals surface area contributed by atoms with Crippen LogP contribution in [-0.4, -0.2) is 50.0 Å². The number of carbonyl (C=O) groups is 3. The standard InChI is InChI=1S/C22H24N2O6/c1-12(2)18(24-21(26)14-8-6-7-9-15(14)22(24)27)20(25)23-13-10-16(28-3)19(30-5)17(11-13)29-4/h6-12,18H,1-5H3,(H,23,25). The van der Waals surface area contributed by atoms with Gasteiger partial charge in [-0.2, -0.15) is 0 Å². The summed E-state index contributed by atoms with van der Waals surface area (Å²) in [6, 6.07) is 8.73. The van der Waals surface area contributed by atoms with Crippen LogP contribution in [0.2, 0.25) is 0 Å². The molecule has 30 heavy (non-hydrogen) atoms. The fourth-order valence-corrected chi connectivity index (χ4v) is 3.55. The molecule has 0 bridgehead atoms. The molecule has 0 aliphatic carbocycles. The molecule has 8 heteroatoms. The van der Waals surface area contributed by atoms with E-state index in [1.165, 1.54) is 21.3 Å². The summed E-state index contributed by atoms with van der Waals surface area (Å²) in [5.41, 5.74) is 0.985. The van der Waals surface area contributed by atoms with E-state index in [1.54, 1.807) is 50.2 Å². The SMILES string of the molecule is COc1cc(NC(=O)C(C(C)C)N2C(=O)c3ccccc3C2=O)cc(OC)c1OC. The van der Waals surface area contributed by atoms with Crippen molar-refractivity contribution in [3.8, 4) is 17.2 Å². The van der Waals surface area contributed by atoms with Crippen molar-refractivity contribution >= 4 is 23.4 Å². The zero-order chi connectivity index (χ0) is 22.0. The highest BCUT2D eigenvalue weighted by Gasteiger charge is 2.43. The summed E-state index contributed by atoms with van der Waals surface area (Å²) >= 11 is 0. The number of hydrogen-bond acceptors (Lipinski definition) is 6. The van der Waals surface area contributed by atoms with Crippen LogP contribution >= 0.6 is 0 Å². The summed E-state index contributed by atoms with van der Waals surface area (Å²) in [6.45, 7) is 3.56. The van der Waals surface area contributed by atoms with Gasteiger partial charge < -0.3 is 19.5 Å². The average molecular weight is 412 g/mol. The number of rotatable bonds is 7. The van der Waals surface area contributed by atoms with Crippen molar-refractivity contribution in [1.82, 2.24) is 4.90 Å². The van der Waals surface area contributed by atoms with E-state index in [0.717, 1.165) is 4.90 Å². The molecular weight excluding hydrogens is 388 g/mol. The third kappa shape index (κ3) is 3.56. The summed E-state index contributed by atoms with van der Waals surface area (Å²) in [6.07, 6.45) is 0. The topological polar surface area (TPSA) is 94.2 Å². The Labute approximate surface area is 174 Å². The highest BCUT2D eigenvalue weighted by Crippen LogP contribution is 2.40. The fraction of sp³-hybridized carbons (Fsp3) is 0.318. The lowest BCUT2D eigenvalue weighted by atomic mass is 10.0. The zero-order valence-electron chi connectivity index (χ0n) is 17.5. The van der Waals surface area contributed by atoms with E-state index in [4.69, 9.17) is 14.2 Å². The maximum atomic E-state index is 13.2. The van der Waals surface area contributed by atoms with Gasteiger partial charge in [0.2, 0.25) is 11.7 Å². The minimum Gasteiger partial charge on any atom is -0.493 e. The molecule has 1 aliphatic rings. The Kier molecular flexibility index (Phi) is 5.96. The van der Waals surface area contributed by atoms with Gasteiger partial charge in [-0.05, 0) is 18.1 Å². The van der Waals surface area contributed by atoms with Crippen molar-refractivity contribution in [2.45, 2.75) is 19.9 Å². The van der Waals surface area contributed by atoms with E-state index in [-0.39, 0.29) is 5.92 Å². The van der Waals surface area contributed by atoms with Gasteiger partial charge in [0.05, 0.1) is 32.5 Å². The fourth-order valence-electron chi connectivity index (χ4n) is 3.55. The largest absolute Gasteiger partial charge is 0.493 e. The first-order valence-electron chi connectivity index (χ1n) is 9.41. The molecule has 2 aromatic rings. The lowest BCUT2D eigenvalue weighted by Crippen LogP contribution is -2.50. The number of nitrogens with one attached hydrogen (secondary N) is 1. The minimum absolute atomic E-state index is 0.300. The Morgan fingerprint density at radius 3 is 1.80 bits per heavy atom. The lowest BCUT2D eigenvalue weighted by Gasteiger charge is -2.28. The van der Waals surface area contributed by atoms with Gasteiger partial charge in [0.15, 0.2) is 11.5 Å². The third-order valence-electron chi connectivity index (χ3n) is 4.94. The van der Waals surface area contributed by atoms with E-state index >= 15 is 0 Å². The highest BCUT2D eigenvalue weighted by atomic mass is 16.5. The molecule has 1 N–H and O–H groups in total. The molecule has 1 atom stereocenters. The predicted molar refractivity (Wildman–Crippen MR) is 110 cm³/mol. The molecule has 0 fully saturated rings. The number of imide groups is 1. The molecule has 1 aliphatic heterocycles. The van der Waals surface area contributed by atoms with Gasteiger partial charge in [0.25, 0.3) is 11.8 Å². The van der Waals surface area contributed by atoms with Crippen LogP contribution in [0, 0.1) is 5.92 Å². The summed E-state index contributed by atoms with van der Waals surface area (Å²) in [7, 11) is 4.42. The number of anilines is 1. The Morgan fingerprint density at radius 2 is 1.40 bits per heavy atom. The minimum atomic E-state index is -0.989. The summed E-state index contributed by atoms with van der Waals surface area (Å²) in [4.78, 5) is 39.9. The molecule has 158 valence electrons. The molecule has 0 spiro atoms. The van der Waals surface area contributed by atoms with Crippen molar-refractivity contribution in [2.75, 3.05) is 26.6 Å². The third-order valence-corrected chi connectivity index (χ3v) is 4.94. The van der Waals surface area contributed by atoms with Gasteiger partial charge >= 0.3 is 0 Å². The van der Waals surface area contributed by atoms with Crippen LogP contribution in [0.15, 0.2) is 36.4 Å². The Balaban J connectivity index is 1.93. The van der Waals surface area contributed by atoms with E-state index in [1.807, 2.05) is 0 Å². The van der Waals surface area contributed by atoms with Gasteiger partial charge in [0, 0.05) is 17.8 Å². The molecule has 0 radical (unpaired) electrons. The number of fused-ring (bicyclic) bond motifs is 1. The number of benzene rings is 2. The molecule has 3 amide bonds. The number of amides is 3. The van der Waals surface area contributed by atoms with Gasteiger partial charge in [-0.25, -0.2) is 0 Å². The van der Waals surface area contributed by atoms with Gasteiger partial charge in [-0.15, -0.1) is 0 Å². The molecule has 2 aromatic carbocycles. The summed E-state index contributed by atoms with van der Waals surface area (Å²) in [5.74, 6) is -0.631. The maximum Gasteiger partial charge on any atom is 0.262 e. The van der Waals surface area contributed by atoms with Crippen molar-refractivity contribution in [2.24, 2.45) is 5.92 Å². The van der Waals surface area contributed by atoms with Crippen LogP contribution in [0.5, 0.6) is 17.2 Å². The average Bonchev–Trinajstić information content (AvgIpc) is 2.98. The van der Waals surface area contributed by atoms with Crippen LogP contribution in [0.3, 0.4) is 0 Å².